The second kappa shape index (κ2) is 11.5. The Morgan fingerprint density at radius 2 is 2.00 bits per heavy atom. The summed E-state index contributed by atoms with van der Waals surface area (Å²) in [6, 6.07) is 14.3. The smallest absolute Gasteiger partial charge is 0.228 e. The van der Waals surface area contributed by atoms with Gasteiger partial charge in [0.2, 0.25) is 11.8 Å². The lowest BCUT2D eigenvalue weighted by molar-refractivity contribution is -0.126. The number of ether oxygens (including phenoxy) is 1. The van der Waals surface area contributed by atoms with Crippen LogP contribution in [0, 0.1) is 19.3 Å². The second-order valence-electron chi connectivity index (χ2n) is 10.9. The molecule has 4 rings (SSSR count). The number of carbonyl (C=O) groups is 1. The molecule has 1 aliphatic rings. The Hall–Kier alpha value is -3.27. The number of carbonyl (C=O) groups excluding carboxylic acids is 1. The van der Waals surface area contributed by atoms with Crippen LogP contribution in [0.2, 0.25) is 0 Å². The summed E-state index contributed by atoms with van der Waals surface area (Å²) < 4.78 is 8.36. The number of amides is 1. The first-order valence-electron chi connectivity index (χ1n) is 13.3. The van der Waals surface area contributed by atoms with Crippen LogP contribution in [0.5, 0.6) is 5.88 Å². The number of benzene rings is 2. The highest BCUT2D eigenvalue weighted by molar-refractivity contribution is 7.97. The molecule has 0 aliphatic carbocycles. The summed E-state index contributed by atoms with van der Waals surface area (Å²) >= 11 is 1.66. The van der Waals surface area contributed by atoms with Gasteiger partial charge < -0.3 is 21.2 Å². The molecule has 1 aliphatic heterocycles. The van der Waals surface area contributed by atoms with Crippen molar-refractivity contribution in [3.63, 3.8) is 0 Å². The molecular formula is C30H40N6O2S. The Balaban J connectivity index is 1.76. The van der Waals surface area contributed by atoms with Gasteiger partial charge in [-0.1, -0.05) is 38.1 Å². The van der Waals surface area contributed by atoms with Crippen molar-refractivity contribution in [2.24, 2.45) is 17.0 Å². The highest BCUT2D eigenvalue weighted by Gasteiger charge is 2.39. The van der Waals surface area contributed by atoms with Crippen molar-refractivity contribution in [1.29, 1.82) is 0 Å². The summed E-state index contributed by atoms with van der Waals surface area (Å²) in [5.74, 6) is 6.16. The monoisotopic (exact) mass is 548 g/mol. The second-order valence-corrected chi connectivity index (χ2v) is 12.0. The summed E-state index contributed by atoms with van der Waals surface area (Å²) in [7, 11) is 0. The zero-order chi connectivity index (χ0) is 28.5. The Morgan fingerprint density at radius 3 is 2.69 bits per heavy atom. The van der Waals surface area contributed by atoms with Gasteiger partial charge >= 0.3 is 0 Å². The molecule has 3 aromatic rings. The summed E-state index contributed by atoms with van der Waals surface area (Å²) in [4.78, 5) is 18.2. The number of fused-ring (bicyclic) bond motifs is 1. The molecule has 2 aromatic carbocycles. The van der Waals surface area contributed by atoms with Gasteiger partial charge in [0.05, 0.1) is 21.7 Å². The van der Waals surface area contributed by atoms with Crippen molar-refractivity contribution >= 4 is 29.2 Å². The number of anilines is 2. The number of nitrogens with two attached hydrogens (primary N) is 3. The number of nitrogen functional groups attached to an aromatic ring is 1. The molecule has 9 heteroatoms. The summed E-state index contributed by atoms with van der Waals surface area (Å²) in [6.45, 7) is 14.0. The normalized spacial score (nSPS) is 16.6. The Kier molecular flexibility index (Phi) is 8.44. The average Bonchev–Trinajstić information content (AvgIpc) is 3.05. The fraction of sp³-hybridized carbons (Fsp3) is 0.400. The van der Waals surface area contributed by atoms with E-state index in [0.29, 0.717) is 24.7 Å². The minimum atomic E-state index is -0.872. The number of pyridine rings is 1. The molecule has 0 spiro atoms. The number of rotatable bonds is 8. The number of hydrazine groups is 1. The van der Waals surface area contributed by atoms with Gasteiger partial charge in [0.15, 0.2) is 0 Å². The highest BCUT2D eigenvalue weighted by Crippen LogP contribution is 2.45. The molecule has 208 valence electrons. The zero-order valence-corrected chi connectivity index (χ0v) is 24.5. The Morgan fingerprint density at radius 1 is 1.26 bits per heavy atom. The number of hydrogen-bond donors (Lipinski definition) is 3. The molecule has 0 bridgehead atoms. The summed E-state index contributed by atoms with van der Waals surface area (Å²) in [6.07, 6.45) is 1.75. The van der Waals surface area contributed by atoms with Gasteiger partial charge in [-0.05, 0) is 85.7 Å². The predicted molar refractivity (Wildman–Crippen MR) is 159 cm³/mol. The maximum atomic E-state index is 12.8. The SMILES string of the molecule is CCN(N)c1ccc(C(c2ccc(C)c(CN3CC(C)Oc4ncccc4S3)c2)C(C)(C)C(N)=O)c(C)c1N. The van der Waals surface area contributed by atoms with Gasteiger partial charge in [-0.3, -0.25) is 4.79 Å². The van der Waals surface area contributed by atoms with Crippen LogP contribution in [-0.4, -0.2) is 34.4 Å². The minimum Gasteiger partial charge on any atom is -0.472 e. The number of nitrogens with zero attached hydrogens (tertiary/aromatic N) is 3. The van der Waals surface area contributed by atoms with E-state index in [2.05, 4.69) is 41.3 Å². The maximum Gasteiger partial charge on any atom is 0.228 e. The molecule has 0 saturated carbocycles. The van der Waals surface area contributed by atoms with Crippen LogP contribution in [0.4, 0.5) is 11.4 Å². The third-order valence-electron chi connectivity index (χ3n) is 7.64. The van der Waals surface area contributed by atoms with Crippen LogP contribution < -0.4 is 27.1 Å². The standard InChI is InChI=1S/C30H40N6O2S/c1-7-36(33)24-13-12-23(20(4)27(24)31)26(30(5,6)29(32)37)21-11-10-18(2)22(15-21)17-35-16-19(3)38-28-25(39-35)9-8-14-34-28/h8-15,19,26H,7,16-17,31,33H2,1-6H3,(H2,32,37). The first-order chi connectivity index (χ1) is 18.4. The highest BCUT2D eigenvalue weighted by atomic mass is 32.2. The number of hydrogen-bond acceptors (Lipinski definition) is 8. The maximum absolute atomic E-state index is 12.8. The van der Waals surface area contributed by atoms with Gasteiger partial charge in [-0.2, -0.15) is 0 Å². The number of aromatic nitrogens is 1. The quantitative estimate of drug-likeness (QED) is 0.157. The van der Waals surface area contributed by atoms with Gasteiger partial charge in [-0.25, -0.2) is 15.1 Å². The fourth-order valence-electron chi connectivity index (χ4n) is 5.14. The van der Waals surface area contributed by atoms with E-state index in [-0.39, 0.29) is 17.9 Å². The average molecular weight is 549 g/mol. The van der Waals surface area contributed by atoms with E-state index in [4.69, 9.17) is 22.0 Å². The lowest BCUT2D eigenvalue weighted by Gasteiger charge is -2.35. The molecule has 2 atom stereocenters. The van der Waals surface area contributed by atoms with Crippen molar-refractivity contribution in [3.8, 4) is 5.88 Å². The van der Waals surface area contributed by atoms with Gasteiger partial charge in [-0.15, -0.1) is 0 Å². The zero-order valence-electron chi connectivity index (χ0n) is 23.7. The fourth-order valence-corrected chi connectivity index (χ4v) is 6.23. The lowest BCUT2D eigenvalue weighted by atomic mass is 9.69. The number of primary amides is 1. The first kappa shape index (κ1) is 28.7. The molecule has 39 heavy (non-hydrogen) atoms. The lowest BCUT2D eigenvalue weighted by Crippen LogP contribution is -2.38. The molecule has 1 amide bonds. The summed E-state index contributed by atoms with van der Waals surface area (Å²) in [5.41, 5.74) is 18.3. The molecule has 1 aromatic heterocycles. The van der Waals surface area contributed by atoms with Crippen LogP contribution in [0.15, 0.2) is 53.6 Å². The van der Waals surface area contributed by atoms with Crippen LogP contribution >= 0.6 is 11.9 Å². The predicted octanol–water partition coefficient (Wildman–Crippen LogP) is 4.91. The molecular weight excluding hydrogens is 508 g/mol. The minimum absolute atomic E-state index is 0.00643. The van der Waals surface area contributed by atoms with Gasteiger partial charge in [0.1, 0.15) is 6.10 Å². The number of aryl methyl sites for hydroxylation is 1. The van der Waals surface area contributed by atoms with Gasteiger partial charge in [0.25, 0.3) is 0 Å². The van der Waals surface area contributed by atoms with Crippen LogP contribution in [0.25, 0.3) is 0 Å². The largest absolute Gasteiger partial charge is 0.472 e. The topological polar surface area (TPSA) is 124 Å². The third kappa shape index (κ3) is 5.85. The van der Waals surface area contributed by atoms with Crippen molar-refractivity contribution < 1.29 is 9.53 Å². The Bertz CT molecular complexity index is 1360. The molecule has 0 fully saturated rings. The molecule has 6 N–H and O–H groups in total. The van der Waals surface area contributed by atoms with Crippen LogP contribution in [0.1, 0.15) is 61.4 Å². The molecule has 8 nitrogen and oxygen atoms in total. The van der Waals surface area contributed by atoms with Gasteiger partial charge in [0, 0.05) is 31.7 Å². The summed E-state index contributed by atoms with van der Waals surface area (Å²) in [5, 5.41) is 1.63. The van der Waals surface area contributed by atoms with Crippen LogP contribution in [-0.2, 0) is 11.3 Å². The van der Waals surface area contributed by atoms with E-state index in [1.54, 1.807) is 23.2 Å². The van der Waals surface area contributed by atoms with E-state index in [1.807, 2.05) is 52.0 Å². The van der Waals surface area contributed by atoms with Crippen molar-refractivity contribution in [3.05, 3.63) is 76.5 Å². The van der Waals surface area contributed by atoms with E-state index in [9.17, 15) is 4.79 Å². The molecule has 0 saturated heterocycles. The third-order valence-corrected chi connectivity index (χ3v) is 8.69. The van der Waals surface area contributed by atoms with E-state index >= 15 is 0 Å². The van der Waals surface area contributed by atoms with E-state index in [0.717, 1.165) is 33.8 Å². The van der Waals surface area contributed by atoms with Crippen molar-refractivity contribution in [1.82, 2.24) is 9.29 Å². The van der Waals surface area contributed by atoms with E-state index < -0.39 is 5.41 Å². The van der Waals surface area contributed by atoms with Crippen LogP contribution in [0.3, 0.4) is 0 Å². The molecule has 2 unspecified atom stereocenters. The molecule has 0 radical (unpaired) electrons. The van der Waals surface area contributed by atoms with Crippen molar-refractivity contribution in [2.45, 2.75) is 65.0 Å². The van der Waals surface area contributed by atoms with E-state index in [1.165, 1.54) is 11.1 Å². The first-order valence-corrected chi connectivity index (χ1v) is 14.1. The van der Waals surface area contributed by atoms with Crippen molar-refractivity contribution in [2.75, 3.05) is 23.8 Å². The Labute approximate surface area is 236 Å². The molecule has 2 heterocycles.